The molecule has 0 aromatic heterocycles. The van der Waals surface area contributed by atoms with Gasteiger partial charge in [-0.1, -0.05) is 12.1 Å². The average Bonchev–Trinajstić information content (AvgIpc) is 2.47. The lowest BCUT2D eigenvalue weighted by molar-refractivity contribution is -0.140. The van der Waals surface area contributed by atoms with Crippen molar-refractivity contribution in [2.24, 2.45) is 0 Å². The van der Waals surface area contributed by atoms with Gasteiger partial charge in [0.1, 0.15) is 5.82 Å². The second-order valence-corrected chi connectivity index (χ2v) is 4.41. The minimum atomic E-state index is -0.681. The number of amides is 1. The van der Waals surface area contributed by atoms with Gasteiger partial charge < -0.3 is 9.47 Å². The number of unbranched alkanes of at least 4 members (excludes halogenated alkanes) is 1. The second kappa shape index (κ2) is 8.94. The molecule has 0 fully saturated rings. The fraction of sp³-hybridized carbons (Fsp3) is 0.467. The number of aryl methyl sites for hydroxylation is 1. The van der Waals surface area contributed by atoms with Crippen LogP contribution < -0.4 is 5.32 Å². The number of hydrogen-bond donors (Lipinski definition) is 1. The minimum Gasteiger partial charge on any atom is -0.469 e. The fourth-order valence-electron chi connectivity index (χ4n) is 1.83. The summed E-state index contributed by atoms with van der Waals surface area (Å²) in [4.78, 5) is 22.3. The summed E-state index contributed by atoms with van der Waals surface area (Å²) in [6, 6.07) is 4.80. The van der Waals surface area contributed by atoms with Gasteiger partial charge in [0.15, 0.2) is 0 Å². The molecule has 116 valence electrons. The van der Waals surface area contributed by atoms with Crippen LogP contribution in [0.5, 0.6) is 0 Å². The first-order valence-corrected chi connectivity index (χ1v) is 6.86. The third-order valence-electron chi connectivity index (χ3n) is 2.90. The van der Waals surface area contributed by atoms with Crippen molar-refractivity contribution in [3.8, 4) is 0 Å². The monoisotopic (exact) mass is 297 g/mol. The molecule has 1 aromatic carbocycles. The molecule has 0 atom stereocenters. The van der Waals surface area contributed by atoms with Gasteiger partial charge in [0.05, 0.1) is 19.4 Å². The van der Waals surface area contributed by atoms with Crippen LogP contribution in [0, 0.1) is 5.82 Å². The molecular weight excluding hydrogens is 277 g/mol. The number of methoxy groups -OCH3 is 1. The van der Waals surface area contributed by atoms with Gasteiger partial charge in [-0.3, -0.25) is 10.1 Å². The molecule has 6 heteroatoms. The molecule has 0 unspecified atom stereocenters. The highest BCUT2D eigenvalue weighted by Crippen LogP contribution is 2.20. The molecule has 0 saturated carbocycles. The smallest absolute Gasteiger partial charge is 0.411 e. The maximum atomic E-state index is 14.2. The number of rotatable bonds is 7. The van der Waals surface area contributed by atoms with Gasteiger partial charge in [-0.05, 0) is 37.8 Å². The molecule has 0 spiro atoms. The molecule has 0 aliphatic rings. The molecule has 1 rings (SSSR count). The van der Waals surface area contributed by atoms with E-state index in [1.54, 1.807) is 19.1 Å². The molecule has 0 aliphatic carbocycles. The zero-order chi connectivity index (χ0) is 15.7. The molecule has 21 heavy (non-hydrogen) atoms. The van der Waals surface area contributed by atoms with E-state index >= 15 is 0 Å². The number of halogens is 1. The van der Waals surface area contributed by atoms with Gasteiger partial charge in [0.2, 0.25) is 0 Å². The van der Waals surface area contributed by atoms with Crippen LogP contribution in [0.3, 0.4) is 0 Å². The van der Waals surface area contributed by atoms with Crippen molar-refractivity contribution in [2.75, 3.05) is 19.0 Å². The molecule has 1 N–H and O–H groups in total. The van der Waals surface area contributed by atoms with Crippen LogP contribution >= 0.6 is 0 Å². The van der Waals surface area contributed by atoms with Crippen molar-refractivity contribution in [3.05, 3.63) is 29.6 Å². The average molecular weight is 297 g/mol. The van der Waals surface area contributed by atoms with Crippen LogP contribution in [0.15, 0.2) is 18.2 Å². The molecule has 5 nitrogen and oxygen atoms in total. The van der Waals surface area contributed by atoms with Gasteiger partial charge in [-0.15, -0.1) is 0 Å². The Morgan fingerprint density at radius 1 is 1.29 bits per heavy atom. The maximum Gasteiger partial charge on any atom is 0.411 e. The summed E-state index contributed by atoms with van der Waals surface area (Å²) in [7, 11) is 1.34. The number of esters is 1. The van der Waals surface area contributed by atoms with E-state index in [-0.39, 0.29) is 18.3 Å². The number of carbonyl (C=O) groups is 2. The van der Waals surface area contributed by atoms with Crippen molar-refractivity contribution >= 4 is 17.7 Å². The summed E-state index contributed by atoms with van der Waals surface area (Å²) >= 11 is 0. The molecular formula is C15H20FNO4. The number of hydrogen-bond acceptors (Lipinski definition) is 4. The maximum absolute atomic E-state index is 14.2. The first-order valence-electron chi connectivity index (χ1n) is 6.86. The Morgan fingerprint density at radius 2 is 2.05 bits per heavy atom. The lowest BCUT2D eigenvalue weighted by Gasteiger charge is -2.09. The third kappa shape index (κ3) is 5.81. The van der Waals surface area contributed by atoms with E-state index in [0.29, 0.717) is 31.2 Å². The van der Waals surface area contributed by atoms with Gasteiger partial charge in [0.25, 0.3) is 0 Å². The number of ether oxygens (including phenoxy) is 2. The van der Waals surface area contributed by atoms with E-state index in [2.05, 4.69) is 10.1 Å². The molecule has 0 bridgehead atoms. The highest BCUT2D eigenvalue weighted by Gasteiger charge is 2.11. The van der Waals surface area contributed by atoms with Gasteiger partial charge in [-0.2, -0.15) is 0 Å². The zero-order valence-corrected chi connectivity index (χ0v) is 12.3. The first kappa shape index (κ1) is 16.9. The summed E-state index contributed by atoms with van der Waals surface area (Å²) in [6.07, 6.45) is 1.41. The van der Waals surface area contributed by atoms with Crippen LogP contribution in [0.2, 0.25) is 0 Å². The molecule has 0 heterocycles. The van der Waals surface area contributed by atoms with Gasteiger partial charge in [0, 0.05) is 6.42 Å². The second-order valence-electron chi connectivity index (χ2n) is 4.41. The van der Waals surface area contributed by atoms with E-state index in [9.17, 15) is 14.0 Å². The van der Waals surface area contributed by atoms with Crippen molar-refractivity contribution in [1.29, 1.82) is 0 Å². The van der Waals surface area contributed by atoms with E-state index < -0.39 is 11.9 Å². The van der Waals surface area contributed by atoms with Gasteiger partial charge in [-0.25, -0.2) is 9.18 Å². The molecule has 0 radical (unpaired) electrons. The summed E-state index contributed by atoms with van der Waals surface area (Å²) in [5.74, 6) is -0.739. The quantitative estimate of drug-likeness (QED) is 0.619. The Hall–Kier alpha value is -2.11. The lowest BCUT2D eigenvalue weighted by Crippen LogP contribution is -2.14. The fourth-order valence-corrected chi connectivity index (χ4v) is 1.83. The summed E-state index contributed by atoms with van der Waals surface area (Å²) in [6.45, 7) is 1.90. The Balaban J connectivity index is 2.55. The predicted octanol–water partition coefficient (Wildman–Crippen LogP) is 3.28. The first-order chi connectivity index (χ1) is 10.1. The van der Waals surface area contributed by atoms with Crippen LogP contribution in [0.25, 0.3) is 0 Å². The van der Waals surface area contributed by atoms with Crippen LogP contribution in [-0.4, -0.2) is 25.8 Å². The third-order valence-corrected chi connectivity index (χ3v) is 2.90. The van der Waals surface area contributed by atoms with Crippen LogP contribution in [0.1, 0.15) is 31.7 Å². The Kier molecular flexibility index (Phi) is 7.21. The number of benzene rings is 1. The lowest BCUT2D eigenvalue weighted by atomic mass is 10.1. The minimum absolute atomic E-state index is 0.0962. The molecule has 1 amide bonds. The Labute approximate surface area is 123 Å². The number of carbonyl (C=O) groups excluding carboxylic acids is 2. The molecule has 0 saturated heterocycles. The van der Waals surface area contributed by atoms with Crippen LogP contribution in [0.4, 0.5) is 14.9 Å². The van der Waals surface area contributed by atoms with E-state index in [1.807, 2.05) is 0 Å². The van der Waals surface area contributed by atoms with E-state index in [1.165, 1.54) is 13.2 Å². The topological polar surface area (TPSA) is 64.6 Å². The van der Waals surface area contributed by atoms with Crippen molar-refractivity contribution in [1.82, 2.24) is 0 Å². The van der Waals surface area contributed by atoms with Gasteiger partial charge >= 0.3 is 12.1 Å². The highest BCUT2D eigenvalue weighted by molar-refractivity contribution is 5.84. The highest BCUT2D eigenvalue weighted by atomic mass is 19.1. The summed E-state index contributed by atoms with van der Waals surface area (Å²) in [5, 5.41) is 2.36. The number of nitrogens with one attached hydrogen (secondary N) is 1. The predicted molar refractivity (Wildman–Crippen MR) is 76.6 cm³/mol. The zero-order valence-electron chi connectivity index (χ0n) is 12.3. The molecule has 1 aromatic rings. The Morgan fingerprint density at radius 3 is 2.71 bits per heavy atom. The SMILES string of the molecule is CCOC(=O)Nc1cccc(CCCCC(=O)OC)c1F. The van der Waals surface area contributed by atoms with Crippen molar-refractivity contribution < 1.29 is 23.5 Å². The van der Waals surface area contributed by atoms with Crippen molar-refractivity contribution in [3.63, 3.8) is 0 Å². The Bertz CT molecular complexity index is 491. The van der Waals surface area contributed by atoms with E-state index in [4.69, 9.17) is 4.74 Å². The largest absolute Gasteiger partial charge is 0.469 e. The summed E-state index contributed by atoms with van der Waals surface area (Å²) < 4.78 is 23.4. The summed E-state index contributed by atoms with van der Waals surface area (Å²) in [5.41, 5.74) is 0.591. The van der Waals surface area contributed by atoms with Crippen LogP contribution in [-0.2, 0) is 20.7 Å². The normalized spacial score (nSPS) is 10.0. The van der Waals surface area contributed by atoms with Crippen molar-refractivity contribution in [2.45, 2.75) is 32.6 Å². The standard InChI is InChI=1S/C15H20FNO4/c1-3-21-15(19)17-12-9-6-8-11(14(12)16)7-4-5-10-13(18)20-2/h6,8-9H,3-5,7,10H2,1-2H3,(H,17,19). The molecule has 0 aliphatic heterocycles. The number of anilines is 1. The van der Waals surface area contributed by atoms with E-state index in [0.717, 1.165) is 0 Å².